The van der Waals surface area contributed by atoms with Gasteiger partial charge in [-0.1, -0.05) is 36.4 Å². The average molecular weight is 324 g/mol. The lowest BCUT2D eigenvalue weighted by molar-refractivity contribution is 0.167. The van der Waals surface area contributed by atoms with Gasteiger partial charge >= 0.3 is 0 Å². The summed E-state index contributed by atoms with van der Waals surface area (Å²) in [4.78, 5) is 2.28. The van der Waals surface area contributed by atoms with Crippen LogP contribution in [0, 0.1) is 0 Å². The number of allylic oxidation sites excluding steroid dienone is 5. The molecule has 24 heavy (non-hydrogen) atoms. The summed E-state index contributed by atoms with van der Waals surface area (Å²) in [7, 11) is 0. The van der Waals surface area contributed by atoms with Crippen LogP contribution < -0.4 is 10.2 Å². The molecule has 0 bridgehead atoms. The molecule has 1 aromatic carbocycles. The molecule has 0 amide bonds. The zero-order chi connectivity index (χ0) is 17.2. The third-order valence-corrected chi connectivity index (χ3v) is 4.46. The number of nitrogens with one attached hydrogen (secondary N) is 1. The number of anilines is 1. The zero-order valence-corrected chi connectivity index (χ0v) is 14.9. The fourth-order valence-corrected chi connectivity index (χ4v) is 3.22. The second-order valence-electron chi connectivity index (χ2n) is 7.64. The Morgan fingerprint density at radius 3 is 2.79 bits per heavy atom. The number of nitrogens with zero attached hydrogens (tertiary/aromatic N) is 1. The van der Waals surface area contributed by atoms with Crippen molar-refractivity contribution in [1.82, 2.24) is 5.32 Å². The molecule has 0 saturated carbocycles. The summed E-state index contributed by atoms with van der Waals surface area (Å²) in [5, 5.41) is 14.0. The van der Waals surface area contributed by atoms with E-state index in [0.29, 0.717) is 13.1 Å². The monoisotopic (exact) mass is 324 g/mol. The molecule has 0 fully saturated rings. The first-order chi connectivity index (χ1) is 11.4. The smallest absolute Gasteiger partial charge is 0.0843 e. The van der Waals surface area contributed by atoms with Crippen LogP contribution in [0.25, 0.3) is 0 Å². The summed E-state index contributed by atoms with van der Waals surface area (Å²) in [5.41, 5.74) is 5.11. The van der Waals surface area contributed by atoms with Gasteiger partial charge in [0.25, 0.3) is 0 Å². The molecule has 2 aliphatic rings. The topological polar surface area (TPSA) is 35.5 Å². The lowest BCUT2D eigenvalue weighted by Gasteiger charge is -2.32. The average Bonchev–Trinajstić information content (AvgIpc) is 2.71. The van der Waals surface area contributed by atoms with Gasteiger partial charge < -0.3 is 15.3 Å². The molecule has 1 heterocycles. The first kappa shape index (κ1) is 17.0. The zero-order valence-electron chi connectivity index (χ0n) is 14.9. The van der Waals surface area contributed by atoms with Crippen molar-refractivity contribution in [2.45, 2.75) is 45.3 Å². The Balaban J connectivity index is 1.86. The molecule has 3 heteroatoms. The van der Waals surface area contributed by atoms with Crippen molar-refractivity contribution in [1.29, 1.82) is 0 Å². The number of para-hydroxylation sites is 1. The Morgan fingerprint density at radius 2 is 2.00 bits per heavy atom. The van der Waals surface area contributed by atoms with Crippen molar-refractivity contribution < 1.29 is 5.11 Å². The van der Waals surface area contributed by atoms with E-state index in [1.165, 1.54) is 22.5 Å². The van der Waals surface area contributed by atoms with E-state index in [2.05, 4.69) is 79.6 Å². The van der Waals surface area contributed by atoms with E-state index in [4.69, 9.17) is 0 Å². The van der Waals surface area contributed by atoms with Gasteiger partial charge in [0.05, 0.1) is 12.6 Å². The number of hydrogen-bond acceptors (Lipinski definition) is 3. The van der Waals surface area contributed by atoms with Gasteiger partial charge in [-0.2, -0.15) is 0 Å². The van der Waals surface area contributed by atoms with Gasteiger partial charge in [0.15, 0.2) is 0 Å². The van der Waals surface area contributed by atoms with Crippen molar-refractivity contribution in [2.24, 2.45) is 0 Å². The Hall–Kier alpha value is -1.84. The minimum Gasteiger partial charge on any atom is -0.390 e. The van der Waals surface area contributed by atoms with Crippen LogP contribution in [-0.2, 0) is 6.42 Å². The third-order valence-electron chi connectivity index (χ3n) is 4.46. The minimum atomic E-state index is -0.427. The molecule has 1 aliphatic carbocycles. The molecular weight excluding hydrogens is 296 g/mol. The quantitative estimate of drug-likeness (QED) is 0.889. The molecular formula is C21H28N2O. The first-order valence-electron chi connectivity index (χ1n) is 8.79. The number of aliphatic hydroxyl groups is 1. The summed E-state index contributed by atoms with van der Waals surface area (Å²) < 4.78 is 0. The highest BCUT2D eigenvalue weighted by atomic mass is 16.3. The number of aliphatic hydroxyl groups excluding tert-OH is 1. The van der Waals surface area contributed by atoms with Gasteiger partial charge in [0.1, 0.15) is 0 Å². The van der Waals surface area contributed by atoms with Crippen molar-refractivity contribution in [3.63, 3.8) is 0 Å². The highest BCUT2D eigenvalue weighted by Crippen LogP contribution is 2.34. The van der Waals surface area contributed by atoms with Gasteiger partial charge in [-0.3, -0.25) is 0 Å². The van der Waals surface area contributed by atoms with E-state index in [0.717, 1.165) is 12.8 Å². The second kappa shape index (κ2) is 6.96. The molecule has 0 spiro atoms. The van der Waals surface area contributed by atoms with Gasteiger partial charge in [0, 0.05) is 23.5 Å². The molecule has 3 rings (SSSR count). The Kier molecular flexibility index (Phi) is 4.93. The van der Waals surface area contributed by atoms with E-state index in [9.17, 15) is 5.11 Å². The molecule has 0 radical (unpaired) electrons. The fourth-order valence-electron chi connectivity index (χ4n) is 3.22. The molecule has 3 nitrogen and oxygen atoms in total. The van der Waals surface area contributed by atoms with Gasteiger partial charge in [0.2, 0.25) is 0 Å². The summed E-state index contributed by atoms with van der Waals surface area (Å²) in [5.74, 6) is 0. The molecule has 2 N–H and O–H groups in total. The van der Waals surface area contributed by atoms with E-state index < -0.39 is 6.10 Å². The Labute approximate surface area is 145 Å². The molecule has 128 valence electrons. The molecule has 1 unspecified atom stereocenters. The first-order valence-corrected chi connectivity index (χ1v) is 8.79. The molecule has 1 aliphatic heterocycles. The van der Waals surface area contributed by atoms with Crippen molar-refractivity contribution in [3.05, 3.63) is 65.4 Å². The third kappa shape index (κ3) is 3.97. The van der Waals surface area contributed by atoms with E-state index in [1.54, 1.807) is 0 Å². The summed E-state index contributed by atoms with van der Waals surface area (Å²) in [6, 6.07) is 8.52. The maximum atomic E-state index is 10.6. The number of benzene rings is 1. The molecule has 1 aromatic rings. The SMILES string of the molecule is CC(C)(C)NCC(O)CN1C2=CC=CCC2=CCc2ccccc21. The van der Waals surface area contributed by atoms with Crippen LogP contribution in [0.4, 0.5) is 5.69 Å². The number of fused-ring (bicyclic) bond motifs is 2. The standard InChI is InChI=1S/C21H28N2O/c1-21(2,3)22-14-18(24)15-23-19-10-6-4-8-16(19)12-13-17-9-5-7-11-20(17)23/h4-8,10-11,13,18,22,24H,9,12,14-15H2,1-3H3. The van der Waals surface area contributed by atoms with Crippen molar-refractivity contribution in [2.75, 3.05) is 18.0 Å². The highest BCUT2D eigenvalue weighted by Gasteiger charge is 2.24. The van der Waals surface area contributed by atoms with E-state index in [-0.39, 0.29) is 5.54 Å². The highest BCUT2D eigenvalue weighted by molar-refractivity contribution is 5.65. The number of β-amino-alcohol motifs (C(OH)–C–C–N with tert-alkyl or cyclic N) is 1. The fraction of sp³-hybridized carbons (Fsp3) is 0.429. The van der Waals surface area contributed by atoms with Gasteiger partial charge in [-0.05, 0) is 56.9 Å². The van der Waals surface area contributed by atoms with Crippen LogP contribution >= 0.6 is 0 Å². The normalized spacial score (nSPS) is 18.2. The van der Waals surface area contributed by atoms with Crippen LogP contribution in [0.3, 0.4) is 0 Å². The lowest BCUT2D eigenvalue weighted by Crippen LogP contribution is -2.45. The van der Waals surface area contributed by atoms with Gasteiger partial charge in [-0.15, -0.1) is 0 Å². The maximum absolute atomic E-state index is 10.6. The summed E-state index contributed by atoms with van der Waals surface area (Å²) in [6.45, 7) is 7.55. The van der Waals surface area contributed by atoms with Crippen LogP contribution in [-0.4, -0.2) is 29.8 Å². The minimum absolute atomic E-state index is 0.00951. The predicted molar refractivity (Wildman–Crippen MR) is 101 cm³/mol. The molecule has 0 aromatic heterocycles. The van der Waals surface area contributed by atoms with Crippen molar-refractivity contribution in [3.8, 4) is 0 Å². The largest absolute Gasteiger partial charge is 0.390 e. The van der Waals surface area contributed by atoms with E-state index >= 15 is 0 Å². The van der Waals surface area contributed by atoms with E-state index in [1.807, 2.05) is 0 Å². The lowest BCUT2D eigenvalue weighted by atomic mass is 10.0. The Bertz CT molecular complexity index is 679. The van der Waals surface area contributed by atoms with Crippen LogP contribution in [0.5, 0.6) is 0 Å². The summed E-state index contributed by atoms with van der Waals surface area (Å²) in [6.07, 6.45) is 10.3. The maximum Gasteiger partial charge on any atom is 0.0843 e. The van der Waals surface area contributed by atoms with Gasteiger partial charge in [-0.25, -0.2) is 0 Å². The van der Waals surface area contributed by atoms with Crippen molar-refractivity contribution >= 4 is 5.69 Å². The number of hydrogen-bond donors (Lipinski definition) is 2. The molecule has 0 saturated heterocycles. The number of rotatable bonds is 4. The molecule has 1 atom stereocenters. The predicted octanol–water partition coefficient (Wildman–Crippen LogP) is 3.57. The van der Waals surface area contributed by atoms with Crippen LogP contribution in [0.15, 0.2) is 59.8 Å². The van der Waals surface area contributed by atoms with Crippen LogP contribution in [0.2, 0.25) is 0 Å². The second-order valence-corrected chi connectivity index (χ2v) is 7.64. The summed E-state index contributed by atoms with van der Waals surface area (Å²) >= 11 is 0. The Morgan fingerprint density at radius 1 is 1.21 bits per heavy atom. The van der Waals surface area contributed by atoms with Crippen LogP contribution in [0.1, 0.15) is 32.8 Å².